The average Bonchev–Trinajstić information content (AvgIpc) is 2.48. The average molecular weight is 428 g/mol. The summed E-state index contributed by atoms with van der Waals surface area (Å²) in [7, 11) is -10.7. The second-order valence-corrected chi connectivity index (χ2v) is 12.0. The van der Waals surface area contributed by atoms with Crippen molar-refractivity contribution >= 4 is 32.1 Å². The number of rotatable bonds is 11. The molecule has 0 bridgehead atoms. The summed E-state index contributed by atoms with van der Waals surface area (Å²) >= 11 is 0. The Labute approximate surface area is 154 Å². The van der Waals surface area contributed by atoms with Crippen molar-refractivity contribution in [2.24, 2.45) is 0 Å². The first-order chi connectivity index (χ1) is 11.9. The Balaban J connectivity index is 2.42. The third kappa shape index (κ3) is 8.68. The van der Waals surface area contributed by atoms with Crippen LogP contribution in [0.25, 0.3) is 0 Å². The summed E-state index contributed by atoms with van der Waals surface area (Å²) in [6.45, 7) is 0.310. The Bertz CT molecular complexity index is 660. The summed E-state index contributed by atoms with van der Waals surface area (Å²) in [5, 5.41) is 6.61. The van der Waals surface area contributed by atoms with Crippen molar-refractivity contribution in [2.75, 3.05) is 24.4 Å². The van der Waals surface area contributed by atoms with Gasteiger partial charge in [0.2, 0.25) is 0 Å². The molecule has 0 saturated carbocycles. The van der Waals surface area contributed by atoms with Crippen LogP contribution in [0.3, 0.4) is 0 Å². The van der Waals surface area contributed by atoms with Gasteiger partial charge in [-0.05, 0) is 28.6 Å². The zero-order chi connectivity index (χ0) is 20.0. The molecule has 0 saturated heterocycles. The highest BCUT2D eigenvalue weighted by molar-refractivity contribution is 7.97. The molecule has 4 N–H and O–H groups in total. The fraction of sp³-hybridized carbons (Fsp3) is 0.500. The van der Waals surface area contributed by atoms with Gasteiger partial charge in [0.15, 0.2) is 13.0 Å². The van der Waals surface area contributed by atoms with Gasteiger partial charge in [-0.2, -0.15) is 0 Å². The van der Waals surface area contributed by atoms with E-state index < -0.39 is 37.5 Å². The van der Waals surface area contributed by atoms with Crippen molar-refractivity contribution in [1.82, 2.24) is 0 Å². The van der Waals surface area contributed by atoms with Gasteiger partial charge in [-0.25, -0.2) is 0 Å². The zero-order valence-corrected chi connectivity index (χ0v) is 16.7. The molecule has 9 nitrogen and oxygen atoms in total. The Morgan fingerprint density at radius 3 is 2.27 bits per heavy atom. The summed E-state index contributed by atoms with van der Waals surface area (Å²) in [6.07, 6.45) is 2.12. The molecular weight excluding hydrogens is 406 g/mol. The van der Waals surface area contributed by atoms with Gasteiger partial charge in [0.1, 0.15) is 17.3 Å². The third-order valence-electron chi connectivity index (χ3n) is 3.38. The Kier molecular flexibility index (Phi) is 8.82. The second kappa shape index (κ2) is 9.90. The number of hydrogen-bond donors (Lipinski definition) is 4. The van der Waals surface area contributed by atoms with Crippen LogP contribution in [-0.2, 0) is 31.2 Å². The van der Waals surface area contributed by atoms with E-state index in [2.05, 4.69) is 0 Å². The largest absolute Gasteiger partial charge is 0.778 e. The molecule has 12 heteroatoms. The van der Waals surface area contributed by atoms with Gasteiger partial charge < -0.3 is 34.0 Å². The van der Waals surface area contributed by atoms with Crippen molar-refractivity contribution in [2.45, 2.75) is 18.2 Å². The summed E-state index contributed by atoms with van der Waals surface area (Å²) < 4.78 is 27.9. The molecule has 1 aromatic rings. The number of carbonyl (C=O) groups is 1. The number of aliphatic carboxylic acids is 1. The van der Waals surface area contributed by atoms with Crippen LogP contribution in [0.5, 0.6) is 5.75 Å². The molecule has 0 aromatic heterocycles. The lowest BCUT2D eigenvalue weighted by atomic mass is 10.1. The molecule has 0 radical (unpaired) electrons. The highest BCUT2D eigenvalue weighted by Crippen LogP contribution is 2.57. The lowest BCUT2D eigenvalue weighted by Gasteiger charge is -2.26. The van der Waals surface area contributed by atoms with Gasteiger partial charge in [0, 0.05) is 6.42 Å². The molecule has 3 atom stereocenters. The molecular formula is C14H22O9P2S. The van der Waals surface area contributed by atoms with Gasteiger partial charge in [-0.1, -0.05) is 12.1 Å². The van der Waals surface area contributed by atoms with Gasteiger partial charge in [0.25, 0.3) is 0 Å². The van der Waals surface area contributed by atoms with Crippen LogP contribution < -0.4 is 9.63 Å². The van der Waals surface area contributed by atoms with E-state index in [-0.39, 0.29) is 12.2 Å². The smallest absolute Gasteiger partial charge is 0.341 e. The highest BCUT2D eigenvalue weighted by atomic mass is 32.2. The minimum atomic E-state index is -5.13. The Morgan fingerprint density at radius 1 is 1.23 bits per heavy atom. The lowest BCUT2D eigenvalue weighted by molar-refractivity contribution is -0.194. The molecule has 0 spiro atoms. The van der Waals surface area contributed by atoms with Gasteiger partial charge >= 0.3 is 13.6 Å². The number of benzene rings is 1. The summed E-state index contributed by atoms with van der Waals surface area (Å²) in [6, 6.07) is 6.58. The van der Waals surface area contributed by atoms with Gasteiger partial charge in [-0.15, -0.1) is 0 Å². The van der Waals surface area contributed by atoms with Gasteiger partial charge in [0.05, 0.1) is 19.3 Å². The SMILES string of the molecule is C[S+](CCCOc1ccc(CC(=O)O)cc1)CC(P(=O)([O-])O)P(=O)(O)O. The van der Waals surface area contributed by atoms with E-state index in [0.29, 0.717) is 30.1 Å². The molecule has 0 heterocycles. The molecule has 1 aromatic carbocycles. The van der Waals surface area contributed by atoms with Crippen molar-refractivity contribution in [3.05, 3.63) is 29.8 Å². The van der Waals surface area contributed by atoms with Crippen molar-refractivity contribution in [3.63, 3.8) is 0 Å². The van der Waals surface area contributed by atoms with E-state index in [9.17, 15) is 18.8 Å². The topological polar surface area (TPSA) is 164 Å². The normalized spacial score (nSPS) is 16.5. The van der Waals surface area contributed by atoms with E-state index in [4.69, 9.17) is 24.5 Å². The molecule has 0 fully saturated rings. The molecule has 0 aliphatic rings. The standard InChI is InChI=1S/C14H22O9P2S/c1-26(10-14(24(17,18)19)25(20,21)22)8-2-7-23-12-5-3-11(4-6-12)9-13(15)16/h3-6,14H,2,7-10H2,1H3,(H4-,15,16,17,18,19,20,21,22). The Morgan fingerprint density at radius 2 is 1.81 bits per heavy atom. The predicted octanol–water partition coefficient (Wildman–Crippen LogP) is 0.380. The Hall–Kier alpha value is -0.860. The first kappa shape index (κ1) is 23.2. The summed E-state index contributed by atoms with van der Waals surface area (Å²) in [5.74, 6) is -0.200. The van der Waals surface area contributed by atoms with Crippen LogP contribution in [-0.4, -0.2) is 55.5 Å². The summed E-state index contributed by atoms with van der Waals surface area (Å²) in [5.41, 5.74) is 0.648. The van der Waals surface area contributed by atoms with E-state index in [0.717, 1.165) is 0 Å². The van der Waals surface area contributed by atoms with E-state index in [1.807, 2.05) is 0 Å². The second-order valence-electron chi connectivity index (χ2n) is 5.70. The third-order valence-corrected chi connectivity index (χ3v) is 9.44. The molecule has 1 rings (SSSR count). The first-order valence-corrected chi connectivity index (χ1v) is 12.8. The minimum absolute atomic E-state index is 0.0753. The zero-order valence-electron chi connectivity index (χ0n) is 14.1. The van der Waals surface area contributed by atoms with Crippen LogP contribution in [0.1, 0.15) is 12.0 Å². The van der Waals surface area contributed by atoms with Crippen LogP contribution >= 0.6 is 15.2 Å². The van der Waals surface area contributed by atoms with Crippen molar-refractivity contribution in [3.8, 4) is 5.75 Å². The van der Waals surface area contributed by atoms with Crippen LogP contribution in [0.2, 0.25) is 0 Å². The van der Waals surface area contributed by atoms with Crippen molar-refractivity contribution < 1.29 is 43.3 Å². The fourth-order valence-corrected chi connectivity index (χ4v) is 7.96. The minimum Gasteiger partial charge on any atom is -0.778 e. The maximum Gasteiger partial charge on any atom is 0.341 e. The van der Waals surface area contributed by atoms with Crippen LogP contribution in [0, 0.1) is 0 Å². The van der Waals surface area contributed by atoms with E-state index in [1.54, 1.807) is 30.5 Å². The van der Waals surface area contributed by atoms with E-state index >= 15 is 0 Å². The quantitative estimate of drug-likeness (QED) is 0.221. The molecule has 26 heavy (non-hydrogen) atoms. The maximum absolute atomic E-state index is 11.2. The van der Waals surface area contributed by atoms with Gasteiger partial charge in [-0.3, -0.25) is 9.36 Å². The van der Waals surface area contributed by atoms with E-state index in [1.165, 1.54) is 0 Å². The number of hydrogen-bond acceptors (Lipinski definition) is 5. The number of carboxylic acid groups (broad SMARTS) is 1. The molecule has 0 amide bonds. The molecule has 148 valence electrons. The van der Waals surface area contributed by atoms with Crippen molar-refractivity contribution in [1.29, 1.82) is 0 Å². The molecule has 0 aliphatic heterocycles. The fourth-order valence-electron chi connectivity index (χ4n) is 2.09. The summed E-state index contributed by atoms with van der Waals surface area (Å²) in [4.78, 5) is 48.9. The van der Waals surface area contributed by atoms with Crippen LogP contribution in [0.15, 0.2) is 24.3 Å². The lowest BCUT2D eigenvalue weighted by Crippen LogP contribution is -2.27. The highest BCUT2D eigenvalue weighted by Gasteiger charge is 2.41. The number of carboxylic acids is 1. The first-order valence-electron chi connectivity index (χ1n) is 7.51. The monoisotopic (exact) mass is 428 g/mol. The number of ether oxygens (including phenoxy) is 1. The molecule has 0 aliphatic carbocycles. The molecule has 3 unspecified atom stereocenters. The predicted molar refractivity (Wildman–Crippen MR) is 96.6 cm³/mol. The van der Waals surface area contributed by atoms with Crippen LogP contribution in [0.4, 0.5) is 0 Å². The maximum atomic E-state index is 11.2.